The lowest BCUT2D eigenvalue weighted by molar-refractivity contribution is -0.174. The zero-order valence-corrected chi connectivity index (χ0v) is 15.7. The third kappa shape index (κ3) is 2.80. The first-order chi connectivity index (χ1) is 13.0. The van der Waals surface area contributed by atoms with Gasteiger partial charge in [-0.25, -0.2) is 0 Å². The second-order valence-electron chi connectivity index (χ2n) is 6.01. The van der Waals surface area contributed by atoms with Crippen LogP contribution in [0.3, 0.4) is 0 Å². The molecule has 3 rings (SSSR count). The molecule has 0 spiro atoms. The summed E-state index contributed by atoms with van der Waals surface area (Å²) in [6, 6.07) is 3.30. The smallest absolute Gasteiger partial charge is 0.331 e. The monoisotopic (exact) mass is 378 g/mol. The number of esters is 2. The SMILES string of the molecule is CCOC(=O)C12C(=O)OCC=C1COC2c1cc(OC)c(OC)c(OC)c1. The first-order valence-electron chi connectivity index (χ1n) is 8.49. The highest BCUT2D eigenvalue weighted by Crippen LogP contribution is 2.54. The van der Waals surface area contributed by atoms with E-state index < -0.39 is 23.5 Å². The number of rotatable bonds is 6. The third-order valence-electron chi connectivity index (χ3n) is 4.76. The molecule has 1 aromatic carbocycles. The fourth-order valence-corrected chi connectivity index (χ4v) is 3.54. The van der Waals surface area contributed by atoms with Crippen LogP contribution in [0.15, 0.2) is 23.8 Å². The Bertz CT molecular complexity index is 759. The van der Waals surface area contributed by atoms with Crippen molar-refractivity contribution in [3.63, 3.8) is 0 Å². The van der Waals surface area contributed by atoms with Crippen molar-refractivity contribution in [2.75, 3.05) is 41.2 Å². The summed E-state index contributed by atoms with van der Waals surface area (Å²) in [5.41, 5.74) is -0.630. The van der Waals surface area contributed by atoms with Crippen LogP contribution in [0.5, 0.6) is 17.2 Å². The number of carbonyl (C=O) groups is 2. The highest BCUT2D eigenvalue weighted by molar-refractivity contribution is 6.05. The lowest BCUT2D eigenvalue weighted by Crippen LogP contribution is -2.47. The minimum atomic E-state index is -1.68. The maximum Gasteiger partial charge on any atom is 0.331 e. The van der Waals surface area contributed by atoms with Crippen LogP contribution in [0, 0.1) is 5.41 Å². The molecule has 1 fully saturated rings. The molecule has 0 aromatic heterocycles. The van der Waals surface area contributed by atoms with Gasteiger partial charge in [0.2, 0.25) is 11.2 Å². The molecule has 1 saturated heterocycles. The number of cyclic esters (lactones) is 1. The molecule has 2 atom stereocenters. The quantitative estimate of drug-likeness (QED) is 0.421. The summed E-state index contributed by atoms with van der Waals surface area (Å²) in [5.74, 6) is -0.215. The fourth-order valence-electron chi connectivity index (χ4n) is 3.54. The van der Waals surface area contributed by atoms with Crippen LogP contribution in [0.2, 0.25) is 0 Å². The van der Waals surface area contributed by atoms with Gasteiger partial charge in [0, 0.05) is 0 Å². The maximum atomic E-state index is 12.9. The molecule has 8 heteroatoms. The van der Waals surface area contributed by atoms with Crippen LogP contribution in [0.1, 0.15) is 18.6 Å². The minimum absolute atomic E-state index is 0.0979. The van der Waals surface area contributed by atoms with Gasteiger partial charge in [0.15, 0.2) is 11.5 Å². The summed E-state index contributed by atoms with van der Waals surface area (Å²) in [4.78, 5) is 25.7. The number of ether oxygens (including phenoxy) is 6. The van der Waals surface area contributed by atoms with Crippen LogP contribution in [0.4, 0.5) is 0 Å². The molecule has 2 aliphatic rings. The Balaban J connectivity index is 2.18. The molecule has 8 nitrogen and oxygen atoms in total. The van der Waals surface area contributed by atoms with E-state index in [-0.39, 0.29) is 19.8 Å². The molecule has 0 radical (unpaired) electrons. The Kier molecular flexibility index (Phi) is 5.27. The van der Waals surface area contributed by atoms with Crippen molar-refractivity contribution in [1.82, 2.24) is 0 Å². The van der Waals surface area contributed by atoms with Gasteiger partial charge in [0.25, 0.3) is 0 Å². The van der Waals surface area contributed by atoms with E-state index in [9.17, 15) is 9.59 Å². The van der Waals surface area contributed by atoms with Crippen LogP contribution in [0.25, 0.3) is 0 Å². The summed E-state index contributed by atoms with van der Waals surface area (Å²) < 4.78 is 32.4. The van der Waals surface area contributed by atoms with E-state index in [2.05, 4.69) is 0 Å². The lowest BCUT2D eigenvalue weighted by Gasteiger charge is -2.33. The summed E-state index contributed by atoms with van der Waals surface area (Å²) >= 11 is 0. The average molecular weight is 378 g/mol. The summed E-state index contributed by atoms with van der Waals surface area (Å²) in [6.07, 6.45) is 0.750. The largest absolute Gasteiger partial charge is 0.493 e. The predicted molar refractivity (Wildman–Crippen MR) is 92.9 cm³/mol. The first-order valence-corrected chi connectivity index (χ1v) is 8.49. The molecule has 0 saturated carbocycles. The molecular formula is C19H22O8. The van der Waals surface area contributed by atoms with Crippen molar-refractivity contribution in [1.29, 1.82) is 0 Å². The standard InChI is InChI=1S/C19H22O8/c1-5-25-17(20)19-12(6-7-26-18(19)21)10-27-16(19)11-8-13(22-2)15(24-4)14(9-11)23-3/h6,8-9,16H,5,7,10H2,1-4H3. The van der Waals surface area contributed by atoms with Gasteiger partial charge in [-0.1, -0.05) is 0 Å². The highest BCUT2D eigenvalue weighted by Gasteiger charge is 2.63. The third-order valence-corrected chi connectivity index (χ3v) is 4.76. The van der Waals surface area contributed by atoms with Gasteiger partial charge in [0.1, 0.15) is 12.7 Å². The predicted octanol–water partition coefficient (Wildman–Crippen LogP) is 1.82. The first kappa shape index (κ1) is 19.0. The maximum absolute atomic E-state index is 12.9. The summed E-state index contributed by atoms with van der Waals surface area (Å²) in [5, 5.41) is 0. The number of hydrogen-bond donors (Lipinski definition) is 0. The van der Waals surface area contributed by atoms with Crippen LogP contribution < -0.4 is 14.2 Å². The van der Waals surface area contributed by atoms with Crippen molar-refractivity contribution in [3.05, 3.63) is 29.3 Å². The molecular weight excluding hydrogens is 356 g/mol. The van der Waals surface area contributed by atoms with Crippen LogP contribution in [-0.4, -0.2) is 53.1 Å². The van der Waals surface area contributed by atoms with E-state index in [0.29, 0.717) is 28.4 Å². The molecule has 2 heterocycles. The molecule has 0 aliphatic carbocycles. The topological polar surface area (TPSA) is 89.5 Å². The van der Waals surface area contributed by atoms with Gasteiger partial charge < -0.3 is 28.4 Å². The van der Waals surface area contributed by atoms with Crippen molar-refractivity contribution >= 4 is 11.9 Å². The van der Waals surface area contributed by atoms with E-state index in [1.807, 2.05) is 0 Å². The number of carbonyl (C=O) groups excluding carboxylic acids is 2. The van der Waals surface area contributed by atoms with Gasteiger partial charge in [-0.3, -0.25) is 9.59 Å². The van der Waals surface area contributed by atoms with E-state index in [0.717, 1.165) is 0 Å². The van der Waals surface area contributed by atoms with Crippen LogP contribution >= 0.6 is 0 Å². The Hall–Kier alpha value is -2.74. The summed E-state index contributed by atoms with van der Waals surface area (Å²) in [7, 11) is 4.46. The van der Waals surface area contributed by atoms with E-state index in [1.54, 1.807) is 25.1 Å². The summed E-state index contributed by atoms with van der Waals surface area (Å²) in [6.45, 7) is 2.02. The van der Waals surface area contributed by atoms with Gasteiger partial charge in [-0.15, -0.1) is 0 Å². The number of hydrogen-bond acceptors (Lipinski definition) is 8. The van der Waals surface area contributed by atoms with Gasteiger partial charge in [-0.2, -0.15) is 0 Å². The molecule has 27 heavy (non-hydrogen) atoms. The van der Waals surface area contributed by atoms with E-state index in [1.165, 1.54) is 21.3 Å². The lowest BCUT2D eigenvalue weighted by atomic mass is 9.73. The van der Waals surface area contributed by atoms with Gasteiger partial charge in [-0.05, 0) is 36.3 Å². The van der Waals surface area contributed by atoms with E-state index >= 15 is 0 Å². The van der Waals surface area contributed by atoms with Crippen molar-refractivity contribution in [3.8, 4) is 17.2 Å². The molecule has 0 bridgehead atoms. The zero-order chi connectivity index (χ0) is 19.6. The van der Waals surface area contributed by atoms with Gasteiger partial charge >= 0.3 is 11.9 Å². The number of benzene rings is 1. The van der Waals surface area contributed by atoms with Crippen molar-refractivity contribution < 1.29 is 38.0 Å². The molecule has 1 aromatic rings. The van der Waals surface area contributed by atoms with E-state index in [4.69, 9.17) is 28.4 Å². The average Bonchev–Trinajstić information content (AvgIpc) is 3.08. The molecule has 2 aliphatic heterocycles. The molecule has 2 unspecified atom stereocenters. The Morgan fingerprint density at radius 2 is 1.85 bits per heavy atom. The minimum Gasteiger partial charge on any atom is -0.493 e. The second kappa shape index (κ2) is 7.48. The molecule has 0 amide bonds. The Morgan fingerprint density at radius 1 is 1.19 bits per heavy atom. The van der Waals surface area contributed by atoms with Gasteiger partial charge in [0.05, 0.1) is 34.5 Å². The highest BCUT2D eigenvalue weighted by atomic mass is 16.6. The zero-order valence-electron chi connectivity index (χ0n) is 15.7. The molecule has 0 N–H and O–H groups in total. The number of methoxy groups -OCH3 is 3. The molecule has 146 valence electrons. The van der Waals surface area contributed by atoms with Crippen LogP contribution in [-0.2, 0) is 23.8 Å². The normalized spacial score (nSPS) is 23.8. The number of fused-ring (bicyclic) bond motifs is 1. The fraction of sp³-hybridized carbons (Fsp3) is 0.474. The Morgan fingerprint density at radius 3 is 2.41 bits per heavy atom. The second-order valence-corrected chi connectivity index (χ2v) is 6.01. The van der Waals surface area contributed by atoms with Crippen molar-refractivity contribution in [2.24, 2.45) is 5.41 Å². The Labute approximate surface area is 156 Å². The van der Waals surface area contributed by atoms with Crippen molar-refractivity contribution in [2.45, 2.75) is 13.0 Å².